The standard InChI is InChI=1S/C19H17NO3S2/c1-13-5-2-3-6-15(13)23-12-18(21)20-11-14-8-9-17(25-14)19(22)16-7-4-10-24-16/h2-10H,11-12H2,1H3,(H,20,21). The zero-order valence-corrected chi connectivity index (χ0v) is 15.3. The highest BCUT2D eigenvalue weighted by Crippen LogP contribution is 2.22. The highest BCUT2D eigenvalue weighted by molar-refractivity contribution is 7.16. The van der Waals surface area contributed by atoms with Crippen molar-refractivity contribution in [1.29, 1.82) is 0 Å². The Morgan fingerprint density at radius 2 is 1.88 bits per heavy atom. The van der Waals surface area contributed by atoms with Gasteiger partial charge in [0.05, 0.1) is 16.3 Å². The van der Waals surface area contributed by atoms with Gasteiger partial charge in [0, 0.05) is 4.88 Å². The normalized spacial score (nSPS) is 10.4. The second kappa shape index (κ2) is 8.09. The lowest BCUT2D eigenvalue weighted by molar-refractivity contribution is -0.123. The molecule has 0 aliphatic heterocycles. The van der Waals surface area contributed by atoms with E-state index in [1.807, 2.05) is 54.8 Å². The van der Waals surface area contributed by atoms with Crippen LogP contribution in [0.1, 0.15) is 25.0 Å². The molecule has 6 heteroatoms. The van der Waals surface area contributed by atoms with E-state index >= 15 is 0 Å². The molecule has 25 heavy (non-hydrogen) atoms. The number of aryl methyl sites for hydroxylation is 1. The van der Waals surface area contributed by atoms with Crippen LogP contribution in [0.5, 0.6) is 5.75 Å². The first-order valence-corrected chi connectivity index (χ1v) is 9.45. The lowest BCUT2D eigenvalue weighted by Crippen LogP contribution is -2.28. The second-order valence-electron chi connectivity index (χ2n) is 5.40. The quantitative estimate of drug-likeness (QED) is 0.638. The molecule has 3 rings (SSSR count). The molecule has 128 valence electrons. The van der Waals surface area contributed by atoms with Gasteiger partial charge in [-0.1, -0.05) is 24.3 Å². The van der Waals surface area contributed by atoms with Crippen LogP contribution in [0.15, 0.2) is 53.9 Å². The Hall–Kier alpha value is -2.44. The molecule has 0 radical (unpaired) electrons. The molecule has 0 spiro atoms. The van der Waals surface area contributed by atoms with E-state index in [4.69, 9.17) is 4.74 Å². The lowest BCUT2D eigenvalue weighted by Gasteiger charge is -2.08. The highest BCUT2D eigenvalue weighted by Gasteiger charge is 2.13. The minimum Gasteiger partial charge on any atom is -0.484 e. The average molecular weight is 371 g/mol. The molecule has 0 bridgehead atoms. The largest absolute Gasteiger partial charge is 0.484 e. The average Bonchev–Trinajstić information content (AvgIpc) is 3.30. The second-order valence-corrected chi connectivity index (χ2v) is 7.52. The number of carbonyl (C=O) groups excluding carboxylic acids is 2. The maximum atomic E-state index is 12.3. The van der Waals surface area contributed by atoms with Crippen molar-refractivity contribution in [1.82, 2.24) is 5.32 Å². The van der Waals surface area contributed by atoms with Crippen LogP contribution in [0.4, 0.5) is 0 Å². The smallest absolute Gasteiger partial charge is 0.258 e. The molecule has 1 amide bonds. The summed E-state index contributed by atoms with van der Waals surface area (Å²) in [6.45, 7) is 2.29. The van der Waals surface area contributed by atoms with Crippen molar-refractivity contribution in [3.05, 3.63) is 74.1 Å². The Morgan fingerprint density at radius 1 is 1.04 bits per heavy atom. The molecule has 0 aliphatic rings. The van der Waals surface area contributed by atoms with Crippen LogP contribution in [0.2, 0.25) is 0 Å². The number of rotatable bonds is 7. The van der Waals surface area contributed by atoms with Crippen molar-refractivity contribution in [2.24, 2.45) is 0 Å². The van der Waals surface area contributed by atoms with Gasteiger partial charge in [-0.25, -0.2) is 0 Å². The molecule has 0 unspecified atom stereocenters. The van der Waals surface area contributed by atoms with Crippen LogP contribution in [0.3, 0.4) is 0 Å². The number of benzene rings is 1. The van der Waals surface area contributed by atoms with E-state index in [0.717, 1.165) is 15.3 Å². The molecule has 4 nitrogen and oxygen atoms in total. The molecule has 1 aromatic carbocycles. The summed E-state index contributed by atoms with van der Waals surface area (Å²) >= 11 is 2.83. The Kier molecular flexibility index (Phi) is 5.63. The zero-order chi connectivity index (χ0) is 17.6. The molecular formula is C19H17NO3S2. The van der Waals surface area contributed by atoms with E-state index in [0.29, 0.717) is 17.2 Å². The van der Waals surface area contributed by atoms with Gasteiger partial charge in [-0.05, 0) is 42.1 Å². The van der Waals surface area contributed by atoms with Crippen LogP contribution in [0, 0.1) is 6.92 Å². The predicted octanol–water partition coefficient (Wildman–Crippen LogP) is 4.04. The van der Waals surface area contributed by atoms with E-state index in [1.54, 1.807) is 6.07 Å². The van der Waals surface area contributed by atoms with Crippen molar-refractivity contribution < 1.29 is 14.3 Å². The van der Waals surface area contributed by atoms with Gasteiger partial charge in [-0.2, -0.15) is 0 Å². The molecule has 1 N–H and O–H groups in total. The number of nitrogens with one attached hydrogen (secondary N) is 1. The van der Waals surface area contributed by atoms with Gasteiger partial charge >= 0.3 is 0 Å². The summed E-state index contributed by atoms with van der Waals surface area (Å²) in [5.74, 6) is 0.542. The first kappa shape index (κ1) is 17.4. The van der Waals surface area contributed by atoms with Gasteiger partial charge in [-0.15, -0.1) is 22.7 Å². The van der Waals surface area contributed by atoms with E-state index < -0.39 is 0 Å². The molecule has 0 atom stereocenters. The van der Waals surface area contributed by atoms with Crippen LogP contribution >= 0.6 is 22.7 Å². The maximum absolute atomic E-state index is 12.3. The van der Waals surface area contributed by atoms with Crippen molar-refractivity contribution in [2.75, 3.05) is 6.61 Å². The fraction of sp³-hybridized carbons (Fsp3) is 0.158. The fourth-order valence-electron chi connectivity index (χ4n) is 2.22. The van der Waals surface area contributed by atoms with Crippen molar-refractivity contribution in [2.45, 2.75) is 13.5 Å². The third kappa shape index (κ3) is 4.55. The molecule has 2 aromatic heterocycles. The number of hydrogen-bond donors (Lipinski definition) is 1. The molecule has 2 heterocycles. The summed E-state index contributed by atoms with van der Waals surface area (Å²) in [5.41, 5.74) is 0.991. The number of amides is 1. The van der Waals surface area contributed by atoms with Gasteiger partial charge in [0.1, 0.15) is 5.75 Å². The number of hydrogen-bond acceptors (Lipinski definition) is 5. The molecule has 0 aliphatic carbocycles. The molecule has 0 fully saturated rings. The first-order valence-electron chi connectivity index (χ1n) is 7.75. The summed E-state index contributed by atoms with van der Waals surface area (Å²) in [5, 5.41) is 4.70. The molecule has 0 saturated heterocycles. The Balaban J connectivity index is 1.49. The molecular weight excluding hydrogens is 354 g/mol. The number of ether oxygens (including phenoxy) is 1. The van der Waals surface area contributed by atoms with Crippen LogP contribution in [0.25, 0.3) is 0 Å². The molecule has 3 aromatic rings. The van der Waals surface area contributed by atoms with E-state index in [9.17, 15) is 9.59 Å². The zero-order valence-electron chi connectivity index (χ0n) is 13.7. The monoisotopic (exact) mass is 371 g/mol. The minimum absolute atomic E-state index is 0.0282. The highest BCUT2D eigenvalue weighted by atomic mass is 32.1. The first-order chi connectivity index (χ1) is 12.1. The lowest BCUT2D eigenvalue weighted by atomic mass is 10.2. The van der Waals surface area contributed by atoms with Crippen LogP contribution in [-0.2, 0) is 11.3 Å². The van der Waals surface area contributed by atoms with Gasteiger partial charge in [0.25, 0.3) is 5.91 Å². The number of para-hydroxylation sites is 1. The topological polar surface area (TPSA) is 55.4 Å². The summed E-state index contributed by atoms with van der Waals surface area (Å²) in [6, 6.07) is 14.9. The Labute approximate surface area is 154 Å². The number of thiophene rings is 2. The van der Waals surface area contributed by atoms with Gasteiger partial charge in [0.15, 0.2) is 6.61 Å². The van der Waals surface area contributed by atoms with Crippen molar-refractivity contribution in [3.63, 3.8) is 0 Å². The fourth-order valence-corrected chi connectivity index (χ4v) is 3.87. The summed E-state index contributed by atoms with van der Waals surface area (Å²) in [6.07, 6.45) is 0. The number of carbonyl (C=O) groups is 2. The minimum atomic E-state index is -0.192. The summed E-state index contributed by atoms with van der Waals surface area (Å²) in [7, 11) is 0. The third-order valence-electron chi connectivity index (χ3n) is 3.54. The van der Waals surface area contributed by atoms with Crippen LogP contribution in [-0.4, -0.2) is 18.3 Å². The third-order valence-corrected chi connectivity index (χ3v) is 5.50. The Bertz CT molecular complexity index is 868. The number of ketones is 1. The van der Waals surface area contributed by atoms with Gasteiger partial charge < -0.3 is 10.1 Å². The van der Waals surface area contributed by atoms with Crippen molar-refractivity contribution in [3.8, 4) is 5.75 Å². The SMILES string of the molecule is Cc1ccccc1OCC(=O)NCc1ccc(C(=O)c2cccs2)s1. The van der Waals surface area contributed by atoms with Gasteiger partial charge in [-0.3, -0.25) is 9.59 Å². The summed E-state index contributed by atoms with van der Waals surface area (Å²) in [4.78, 5) is 26.5. The van der Waals surface area contributed by atoms with Gasteiger partial charge in [0.2, 0.25) is 5.78 Å². The van der Waals surface area contributed by atoms with E-state index in [2.05, 4.69) is 5.32 Å². The maximum Gasteiger partial charge on any atom is 0.258 e. The van der Waals surface area contributed by atoms with Crippen LogP contribution < -0.4 is 10.1 Å². The Morgan fingerprint density at radius 3 is 2.64 bits per heavy atom. The van der Waals surface area contributed by atoms with Crippen molar-refractivity contribution >= 4 is 34.4 Å². The van der Waals surface area contributed by atoms with E-state index in [-0.39, 0.29) is 18.3 Å². The molecule has 0 saturated carbocycles. The van der Waals surface area contributed by atoms with E-state index in [1.165, 1.54) is 22.7 Å². The summed E-state index contributed by atoms with van der Waals surface area (Å²) < 4.78 is 5.52. The predicted molar refractivity (Wildman–Crippen MR) is 101 cm³/mol.